The van der Waals surface area contributed by atoms with Crippen LogP contribution >= 0.6 is 11.3 Å². The molecule has 0 spiro atoms. The molecule has 0 aliphatic heterocycles. The number of sulfonamides is 1. The third kappa shape index (κ3) is 4.28. The summed E-state index contributed by atoms with van der Waals surface area (Å²) in [6.45, 7) is 8.80. The number of aryl methyl sites for hydroxylation is 1. The van der Waals surface area contributed by atoms with Crippen LogP contribution in [0.1, 0.15) is 44.1 Å². The van der Waals surface area contributed by atoms with Crippen molar-refractivity contribution < 1.29 is 8.42 Å². The van der Waals surface area contributed by atoms with Crippen LogP contribution in [0.25, 0.3) is 0 Å². The van der Waals surface area contributed by atoms with Gasteiger partial charge in [-0.15, -0.1) is 11.3 Å². The Kier molecular flexibility index (Phi) is 6.64. The lowest BCUT2D eigenvalue weighted by molar-refractivity contribution is 0.391. The van der Waals surface area contributed by atoms with Crippen LogP contribution in [0.5, 0.6) is 0 Å². The highest BCUT2D eigenvalue weighted by atomic mass is 32.2. The fraction of sp³-hybridized carbons (Fsp3) is 0.714. The van der Waals surface area contributed by atoms with Crippen molar-refractivity contribution in [3.05, 3.63) is 16.5 Å². The van der Waals surface area contributed by atoms with E-state index in [0.29, 0.717) is 16.7 Å². The first-order chi connectivity index (χ1) is 9.35. The fourth-order valence-electron chi connectivity index (χ4n) is 2.35. The molecule has 1 aromatic heterocycles. The number of nitrogens with one attached hydrogen (secondary N) is 2. The molecule has 1 unspecified atom stereocenters. The summed E-state index contributed by atoms with van der Waals surface area (Å²) in [7, 11) is -1.54. The van der Waals surface area contributed by atoms with E-state index in [9.17, 15) is 8.42 Å². The summed E-state index contributed by atoms with van der Waals surface area (Å²) < 4.78 is 28.1. The normalized spacial score (nSPS) is 13.9. The number of rotatable bonds is 8. The predicted octanol–water partition coefficient (Wildman–Crippen LogP) is 2.88. The van der Waals surface area contributed by atoms with Gasteiger partial charge in [-0.3, -0.25) is 0 Å². The average molecular weight is 319 g/mol. The van der Waals surface area contributed by atoms with Crippen LogP contribution in [0, 0.1) is 12.8 Å². The molecule has 1 atom stereocenters. The van der Waals surface area contributed by atoms with E-state index in [1.165, 1.54) is 11.3 Å². The van der Waals surface area contributed by atoms with Crippen molar-refractivity contribution in [2.24, 2.45) is 5.92 Å². The molecule has 116 valence electrons. The lowest BCUT2D eigenvalue weighted by atomic mass is 9.96. The van der Waals surface area contributed by atoms with Gasteiger partial charge in [0.05, 0.1) is 0 Å². The first-order valence-electron chi connectivity index (χ1n) is 7.11. The van der Waals surface area contributed by atoms with Gasteiger partial charge in [-0.25, -0.2) is 13.1 Å². The van der Waals surface area contributed by atoms with Crippen molar-refractivity contribution in [2.75, 3.05) is 7.05 Å². The Morgan fingerprint density at radius 2 is 1.90 bits per heavy atom. The molecule has 4 nitrogen and oxygen atoms in total. The van der Waals surface area contributed by atoms with E-state index in [2.05, 4.69) is 23.9 Å². The average Bonchev–Trinajstić information content (AvgIpc) is 2.73. The van der Waals surface area contributed by atoms with Crippen LogP contribution in [0.2, 0.25) is 0 Å². The lowest BCUT2D eigenvalue weighted by Gasteiger charge is -2.21. The van der Waals surface area contributed by atoms with Gasteiger partial charge in [-0.05, 0) is 38.4 Å². The molecular formula is C14H26N2O2S2. The minimum atomic E-state index is -3.40. The van der Waals surface area contributed by atoms with Crippen molar-refractivity contribution in [1.29, 1.82) is 0 Å². The maximum atomic E-state index is 12.4. The Morgan fingerprint density at radius 3 is 2.40 bits per heavy atom. The molecule has 0 aliphatic rings. The zero-order valence-corrected chi connectivity index (χ0v) is 14.6. The third-order valence-electron chi connectivity index (χ3n) is 3.70. The molecule has 0 fully saturated rings. The van der Waals surface area contributed by atoms with Gasteiger partial charge in [0.2, 0.25) is 10.0 Å². The molecule has 0 aliphatic carbocycles. The van der Waals surface area contributed by atoms with Crippen LogP contribution in [0.4, 0.5) is 0 Å². The van der Waals surface area contributed by atoms with Gasteiger partial charge in [-0.2, -0.15) is 0 Å². The summed E-state index contributed by atoms with van der Waals surface area (Å²) in [6.07, 6.45) is 1.96. The summed E-state index contributed by atoms with van der Waals surface area (Å²) in [4.78, 5) is 1.07. The molecule has 0 saturated carbocycles. The number of hydrogen-bond acceptors (Lipinski definition) is 4. The minimum absolute atomic E-state index is 0.0369. The van der Waals surface area contributed by atoms with Crippen molar-refractivity contribution in [1.82, 2.24) is 10.0 Å². The van der Waals surface area contributed by atoms with E-state index >= 15 is 0 Å². The van der Waals surface area contributed by atoms with Gasteiger partial charge >= 0.3 is 0 Å². The number of thiophene rings is 1. The Morgan fingerprint density at radius 1 is 1.30 bits per heavy atom. The number of hydrogen-bond donors (Lipinski definition) is 2. The summed E-state index contributed by atoms with van der Waals surface area (Å²) in [5, 5.41) is 3.06. The minimum Gasteiger partial charge on any atom is -0.315 e. The first kappa shape index (κ1) is 17.6. The maximum Gasteiger partial charge on any atom is 0.250 e. The molecule has 2 N–H and O–H groups in total. The van der Waals surface area contributed by atoms with E-state index in [4.69, 9.17) is 0 Å². The molecule has 6 heteroatoms. The first-order valence-corrected chi connectivity index (χ1v) is 9.41. The fourth-order valence-corrected chi connectivity index (χ4v) is 5.28. The summed E-state index contributed by atoms with van der Waals surface area (Å²) in [5.41, 5.74) is 1.03. The molecule has 1 aromatic rings. The molecule has 0 bridgehead atoms. The highest BCUT2D eigenvalue weighted by Crippen LogP contribution is 2.26. The Bertz CT molecular complexity index is 519. The van der Waals surface area contributed by atoms with Crippen LogP contribution in [-0.4, -0.2) is 21.5 Å². The second-order valence-electron chi connectivity index (χ2n) is 5.19. The zero-order valence-electron chi connectivity index (χ0n) is 13.0. The Labute approximate surface area is 127 Å². The van der Waals surface area contributed by atoms with Crippen LogP contribution < -0.4 is 10.0 Å². The quantitative estimate of drug-likeness (QED) is 0.775. The lowest BCUT2D eigenvalue weighted by Crippen LogP contribution is -2.37. The van der Waals surface area contributed by atoms with Crippen molar-refractivity contribution in [3.8, 4) is 0 Å². The smallest absolute Gasteiger partial charge is 0.250 e. The van der Waals surface area contributed by atoms with Crippen molar-refractivity contribution in [3.63, 3.8) is 0 Å². The van der Waals surface area contributed by atoms with Gasteiger partial charge in [0.15, 0.2) is 0 Å². The molecule has 0 amide bonds. The van der Waals surface area contributed by atoms with Crippen LogP contribution in [-0.2, 0) is 16.6 Å². The van der Waals surface area contributed by atoms with E-state index in [1.54, 1.807) is 6.07 Å². The molecule has 20 heavy (non-hydrogen) atoms. The largest absolute Gasteiger partial charge is 0.315 e. The second-order valence-corrected chi connectivity index (χ2v) is 8.27. The highest BCUT2D eigenvalue weighted by molar-refractivity contribution is 7.91. The summed E-state index contributed by atoms with van der Waals surface area (Å²) >= 11 is 1.35. The Balaban J connectivity index is 2.91. The second kappa shape index (κ2) is 7.54. The van der Waals surface area contributed by atoms with Crippen molar-refractivity contribution in [2.45, 2.75) is 57.3 Å². The molecule has 0 radical (unpaired) electrons. The van der Waals surface area contributed by atoms with Crippen LogP contribution in [0.15, 0.2) is 10.3 Å². The molecule has 1 rings (SSSR count). The Hall–Kier alpha value is -0.430. The van der Waals surface area contributed by atoms with Gasteiger partial charge in [0, 0.05) is 17.5 Å². The molecule has 1 heterocycles. The monoisotopic (exact) mass is 318 g/mol. The summed E-state index contributed by atoms with van der Waals surface area (Å²) in [5.74, 6) is 0.377. The molecule has 0 saturated heterocycles. The van der Waals surface area contributed by atoms with Crippen molar-refractivity contribution >= 4 is 21.4 Å². The topological polar surface area (TPSA) is 58.2 Å². The summed E-state index contributed by atoms with van der Waals surface area (Å²) in [6, 6.07) is 1.73. The molecule has 0 aromatic carbocycles. The van der Waals surface area contributed by atoms with Gasteiger partial charge in [0.25, 0.3) is 0 Å². The predicted molar refractivity (Wildman–Crippen MR) is 85.7 cm³/mol. The van der Waals surface area contributed by atoms with Crippen LogP contribution in [0.3, 0.4) is 0 Å². The van der Waals surface area contributed by atoms with Gasteiger partial charge < -0.3 is 5.32 Å². The van der Waals surface area contributed by atoms with E-state index in [-0.39, 0.29) is 6.04 Å². The maximum absolute atomic E-state index is 12.4. The van der Waals surface area contributed by atoms with E-state index in [0.717, 1.165) is 23.3 Å². The van der Waals surface area contributed by atoms with E-state index < -0.39 is 10.0 Å². The highest BCUT2D eigenvalue weighted by Gasteiger charge is 2.24. The standard InChI is InChI=1S/C14H26N2O2S2/c1-6-12(7-2)11(4)16-20(17,18)14-8-10(3)13(19-14)9-15-5/h8,11-12,15-16H,6-7,9H2,1-5H3. The van der Waals surface area contributed by atoms with Gasteiger partial charge in [-0.1, -0.05) is 26.7 Å². The third-order valence-corrected chi connectivity index (χ3v) is 6.97. The van der Waals surface area contributed by atoms with Gasteiger partial charge in [0.1, 0.15) is 4.21 Å². The molecular weight excluding hydrogens is 292 g/mol. The van der Waals surface area contributed by atoms with E-state index in [1.807, 2.05) is 20.9 Å². The SMILES string of the molecule is CCC(CC)C(C)NS(=O)(=O)c1cc(C)c(CNC)s1. The zero-order chi connectivity index (χ0) is 15.3.